The summed E-state index contributed by atoms with van der Waals surface area (Å²) in [5.41, 5.74) is 4.23. The van der Waals surface area contributed by atoms with Crippen molar-refractivity contribution >= 4 is 29.2 Å². The number of esters is 1. The molecule has 0 aliphatic carbocycles. The lowest BCUT2D eigenvalue weighted by atomic mass is 10.0. The molecular weight excluding hydrogens is 452 g/mol. The van der Waals surface area contributed by atoms with Crippen LogP contribution in [0.4, 0.5) is 10.6 Å². The number of hydrogen-bond donors (Lipinski definition) is 2. The molecule has 0 spiro atoms. The van der Waals surface area contributed by atoms with E-state index in [1.807, 2.05) is 24.4 Å². The number of anilines is 1. The van der Waals surface area contributed by atoms with Crippen LogP contribution in [0.5, 0.6) is 0 Å². The van der Waals surface area contributed by atoms with Crippen LogP contribution in [0, 0.1) is 0 Å². The summed E-state index contributed by atoms with van der Waals surface area (Å²) in [5, 5.41) is 8.10. The lowest BCUT2D eigenvalue weighted by Crippen LogP contribution is -2.28. The molecule has 0 aliphatic rings. The zero-order valence-corrected chi connectivity index (χ0v) is 19.4. The number of carbonyl (C=O) groups is 2. The average molecular weight is 475 g/mol. The molecule has 4 aromatic heterocycles. The van der Waals surface area contributed by atoms with E-state index in [4.69, 9.17) is 9.72 Å². The van der Waals surface area contributed by atoms with Gasteiger partial charge in [-0.3, -0.25) is 15.3 Å². The second-order valence-electron chi connectivity index (χ2n) is 7.06. The normalized spacial score (nSPS) is 10.5. The Balaban J connectivity index is 1.78. The van der Waals surface area contributed by atoms with Crippen LogP contribution in [0.25, 0.3) is 33.0 Å². The molecule has 0 radical (unpaired) electrons. The first-order valence-corrected chi connectivity index (χ1v) is 11.5. The molecule has 0 fully saturated rings. The third-order valence-corrected chi connectivity index (χ3v) is 5.63. The van der Waals surface area contributed by atoms with Gasteiger partial charge in [-0.05, 0) is 38.1 Å². The van der Waals surface area contributed by atoms with Crippen molar-refractivity contribution in [3.63, 3.8) is 0 Å². The SMILES string of the molecule is CCNC(=O)Nc1cc(-c2nc(-c3ccncc3)cs2)c(-c2cncc(C(=O)OCC)c2)cn1. The van der Waals surface area contributed by atoms with E-state index in [1.165, 1.54) is 17.5 Å². The minimum atomic E-state index is -0.449. The molecule has 34 heavy (non-hydrogen) atoms. The van der Waals surface area contributed by atoms with Crippen LogP contribution in [0.15, 0.2) is 60.6 Å². The lowest BCUT2D eigenvalue weighted by molar-refractivity contribution is 0.0526. The Morgan fingerprint density at radius 2 is 1.82 bits per heavy atom. The lowest BCUT2D eigenvalue weighted by Gasteiger charge is -2.11. The van der Waals surface area contributed by atoms with E-state index in [2.05, 4.69) is 25.6 Å². The van der Waals surface area contributed by atoms with Gasteiger partial charge in [-0.1, -0.05) is 0 Å². The topological polar surface area (TPSA) is 119 Å². The molecule has 172 valence electrons. The van der Waals surface area contributed by atoms with E-state index in [0.29, 0.717) is 23.5 Å². The number of pyridine rings is 3. The van der Waals surface area contributed by atoms with Crippen molar-refractivity contribution in [1.29, 1.82) is 0 Å². The third kappa shape index (κ3) is 5.24. The van der Waals surface area contributed by atoms with Crippen LogP contribution >= 0.6 is 11.3 Å². The summed E-state index contributed by atoms with van der Waals surface area (Å²) >= 11 is 1.46. The number of amides is 2. The molecule has 10 heteroatoms. The number of urea groups is 1. The number of thiazole rings is 1. The Bertz CT molecular complexity index is 1310. The van der Waals surface area contributed by atoms with Crippen LogP contribution in [-0.2, 0) is 4.74 Å². The number of ether oxygens (including phenoxy) is 1. The standard InChI is InChI=1S/C24H22N6O3S/c1-3-27-24(32)30-21-10-18(22-29-20(14-34-22)15-5-7-25-8-6-15)19(13-28-21)16-9-17(12-26-11-16)23(31)33-4-2/h5-14H,3-4H2,1-2H3,(H2,27,28,30,32). The second-order valence-corrected chi connectivity index (χ2v) is 7.91. The van der Waals surface area contributed by atoms with Crippen LogP contribution in [0.1, 0.15) is 24.2 Å². The fraction of sp³-hybridized carbons (Fsp3) is 0.167. The van der Waals surface area contributed by atoms with Crippen molar-refractivity contribution in [1.82, 2.24) is 25.3 Å². The zero-order valence-electron chi connectivity index (χ0n) is 18.6. The zero-order chi connectivity index (χ0) is 23.9. The first-order chi connectivity index (χ1) is 16.6. The maximum absolute atomic E-state index is 12.2. The van der Waals surface area contributed by atoms with E-state index < -0.39 is 5.97 Å². The Labute approximate surface area is 200 Å². The summed E-state index contributed by atoms with van der Waals surface area (Å²) in [6.45, 7) is 4.35. The highest BCUT2D eigenvalue weighted by Gasteiger charge is 2.17. The van der Waals surface area contributed by atoms with Crippen LogP contribution in [0.2, 0.25) is 0 Å². The van der Waals surface area contributed by atoms with Gasteiger partial charge in [0.25, 0.3) is 0 Å². The van der Waals surface area contributed by atoms with Gasteiger partial charge in [-0.2, -0.15) is 0 Å². The number of rotatable bonds is 7. The predicted molar refractivity (Wildman–Crippen MR) is 130 cm³/mol. The Hall–Kier alpha value is -4.18. The Morgan fingerprint density at radius 1 is 1.00 bits per heavy atom. The predicted octanol–water partition coefficient (Wildman–Crippen LogP) is 4.65. The molecule has 4 rings (SSSR count). The highest BCUT2D eigenvalue weighted by molar-refractivity contribution is 7.13. The minimum Gasteiger partial charge on any atom is -0.462 e. The summed E-state index contributed by atoms with van der Waals surface area (Å²) in [7, 11) is 0. The molecule has 4 heterocycles. The minimum absolute atomic E-state index is 0.271. The Morgan fingerprint density at radius 3 is 2.59 bits per heavy atom. The van der Waals surface area contributed by atoms with Crippen LogP contribution < -0.4 is 10.6 Å². The van der Waals surface area contributed by atoms with Gasteiger partial charge in [-0.15, -0.1) is 11.3 Å². The van der Waals surface area contributed by atoms with Gasteiger partial charge in [0.15, 0.2) is 0 Å². The van der Waals surface area contributed by atoms with Gasteiger partial charge in [0.2, 0.25) is 0 Å². The van der Waals surface area contributed by atoms with E-state index in [1.54, 1.807) is 43.8 Å². The third-order valence-electron chi connectivity index (χ3n) is 4.75. The molecule has 0 bridgehead atoms. The van der Waals surface area contributed by atoms with Crippen LogP contribution in [-0.4, -0.2) is 45.1 Å². The van der Waals surface area contributed by atoms with E-state index >= 15 is 0 Å². The molecule has 0 saturated heterocycles. The molecule has 0 aromatic carbocycles. The fourth-order valence-corrected chi connectivity index (χ4v) is 4.08. The van der Waals surface area contributed by atoms with E-state index in [9.17, 15) is 9.59 Å². The van der Waals surface area contributed by atoms with Crippen molar-refractivity contribution in [3.8, 4) is 33.0 Å². The molecule has 0 atom stereocenters. The summed E-state index contributed by atoms with van der Waals surface area (Å²) in [6.07, 6.45) is 8.18. The second kappa shape index (κ2) is 10.6. The monoisotopic (exact) mass is 474 g/mol. The molecule has 0 saturated carbocycles. The number of hydrogen-bond acceptors (Lipinski definition) is 8. The summed E-state index contributed by atoms with van der Waals surface area (Å²) in [4.78, 5) is 41.7. The molecule has 2 N–H and O–H groups in total. The van der Waals surface area contributed by atoms with Crippen molar-refractivity contribution in [3.05, 3.63) is 66.2 Å². The first kappa shape index (κ1) is 23.0. The fourth-order valence-electron chi connectivity index (χ4n) is 3.22. The van der Waals surface area contributed by atoms with E-state index in [0.717, 1.165) is 27.4 Å². The number of nitrogens with one attached hydrogen (secondary N) is 2. The van der Waals surface area contributed by atoms with Crippen LogP contribution in [0.3, 0.4) is 0 Å². The van der Waals surface area contributed by atoms with Gasteiger partial charge in [0.1, 0.15) is 10.8 Å². The highest BCUT2D eigenvalue weighted by atomic mass is 32.1. The van der Waals surface area contributed by atoms with E-state index in [-0.39, 0.29) is 12.6 Å². The Kier molecular flexibility index (Phi) is 7.19. The molecule has 4 aromatic rings. The van der Waals surface area contributed by atoms with Gasteiger partial charge < -0.3 is 10.1 Å². The van der Waals surface area contributed by atoms with Gasteiger partial charge in [0, 0.05) is 65.2 Å². The number of aromatic nitrogens is 4. The molecule has 0 aliphatic heterocycles. The van der Waals surface area contributed by atoms with Gasteiger partial charge >= 0.3 is 12.0 Å². The quantitative estimate of drug-likeness (QED) is 0.374. The summed E-state index contributed by atoms with van der Waals surface area (Å²) in [6, 6.07) is 6.90. The van der Waals surface area contributed by atoms with Gasteiger partial charge in [0.05, 0.1) is 17.9 Å². The summed E-state index contributed by atoms with van der Waals surface area (Å²) in [5.74, 6) is -0.0741. The number of nitrogens with zero attached hydrogens (tertiary/aromatic N) is 4. The maximum atomic E-state index is 12.2. The molecule has 9 nitrogen and oxygen atoms in total. The maximum Gasteiger partial charge on any atom is 0.339 e. The highest BCUT2D eigenvalue weighted by Crippen LogP contribution is 2.36. The number of carbonyl (C=O) groups excluding carboxylic acids is 2. The van der Waals surface area contributed by atoms with Crippen molar-refractivity contribution in [2.24, 2.45) is 0 Å². The molecular formula is C24H22N6O3S. The van der Waals surface area contributed by atoms with Gasteiger partial charge in [-0.25, -0.2) is 19.6 Å². The first-order valence-electron chi connectivity index (χ1n) is 10.6. The molecule has 2 amide bonds. The molecule has 0 unspecified atom stereocenters. The largest absolute Gasteiger partial charge is 0.462 e. The van der Waals surface area contributed by atoms with Crippen molar-refractivity contribution < 1.29 is 14.3 Å². The smallest absolute Gasteiger partial charge is 0.339 e. The van der Waals surface area contributed by atoms with Crippen molar-refractivity contribution in [2.75, 3.05) is 18.5 Å². The summed E-state index contributed by atoms with van der Waals surface area (Å²) < 4.78 is 5.11. The van der Waals surface area contributed by atoms with Crippen molar-refractivity contribution in [2.45, 2.75) is 13.8 Å². The average Bonchev–Trinajstić information content (AvgIpc) is 3.35.